The van der Waals surface area contributed by atoms with Gasteiger partial charge in [-0.15, -0.1) is 0 Å². The van der Waals surface area contributed by atoms with Crippen LogP contribution in [-0.4, -0.2) is 19.0 Å². The van der Waals surface area contributed by atoms with Crippen molar-refractivity contribution >= 4 is 5.91 Å². The molecule has 1 amide bonds. The monoisotopic (exact) mass is 240 g/mol. The zero-order valence-electron chi connectivity index (χ0n) is 10.8. The minimum Gasteiger partial charge on any atom is -0.356 e. The van der Waals surface area contributed by atoms with Gasteiger partial charge in [0.05, 0.1) is 0 Å². The molecule has 0 spiro atoms. The molecule has 0 fully saturated rings. The van der Waals surface area contributed by atoms with Crippen LogP contribution in [0.4, 0.5) is 0 Å². The van der Waals surface area contributed by atoms with Crippen LogP contribution < -0.4 is 5.32 Å². The molecule has 0 aliphatic carbocycles. The van der Waals surface area contributed by atoms with E-state index in [1.807, 2.05) is 0 Å². The summed E-state index contributed by atoms with van der Waals surface area (Å²) in [6.45, 7) is 3.39. The molecular formula is C12H24N4O. The standard InChI is InChI=1S/C12H24N4O/c1-2-3-4-5-6-9-12(17)14-10-7-8-11-15-16-13/h2-11H2,1H3,(H,14,17). The van der Waals surface area contributed by atoms with Gasteiger partial charge in [-0.1, -0.05) is 37.7 Å². The molecule has 17 heavy (non-hydrogen) atoms. The molecule has 0 rings (SSSR count). The average molecular weight is 240 g/mol. The van der Waals surface area contributed by atoms with E-state index in [1.54, 1.807) is 0 Å². The molecule has 0 atom stereocenters. The van der Waals surface area contributed by atoms with Crippen LogP contribution in [0.5, 0.6) is 0 Å². The predicted molar refractivity (Wildman–Crippen MR) is 69.6 cm³/mol. The van der Waals surface area contributed by atoms with Crippen LogP contribution in [0.15, 0.2) is 5.11 Å². The van der Waals surface area contributed by atoms with Gasteiger partial charge in [0.1, 0.15) is 0 Å². The Kier molecular flexibility index (Phi) is 11.9. The van der Waals surface area contributed by atoms with Gasteiger partial charge in [0.15, 0.2) is 0 Å². The predicted octanol–water partition coefficient (Wildman–Crippen LogP) is 3.55. The lowest BCUT2D eigenvalue weighted by molar-refractivity contribution is -0.121. The summed E-state index contributed by atoms with van der Waals surface area (Å²) in [7, 11) is 0. The maximum atomic E-state index is 11.4. The van der Waals surface area contributed by atoms with Crippen molar-refractivity contribution in [2.24, 2.45) is 5.11 Å². The molecule has 0 aromatic carbocycles. The number of hydrogen-bond acceptors (Lipinski definition) is 2. The number of azide groups is 1. The maximum absolute atomic E-state index is 11.4. The van der Waals surface area contributed by atoms with Gasteiger partial charge in [0.25, 0.3) is 0 Å². The van der Waals surface area contributed by atoms with Gasteiger partial charge >= 0.3 is 0 Å². The summed E-state index contributed by atoms with van der Waals surface area (Å²) in [4.78, 5) is 14.0. The Morgan fingerprint density at radius 3 is 2.65 bits per heavy atom. The van der Waals surface area contributed by atoms with Gasteiger partial charge in [-0.2, -0.15) is 0 Å². The minimum atomic E-state index is 0.144. The lowest BCUT2D eigenvalue weighted by atomic mass is 10.1. The van der Waals surface area contributed by atoms with E-state index in [0.29, 0.717) is 19.5 Å². The third-order valence-corrected chi connectivity index (χ3v) is 2.58. The highest BCUT2D eigenvalue weighted by molar-refractivity contribution is 5.75. The molecule has 0 aromatic heterocycles. The molecule has 1 N–H and O–H groups in total. The Morgan fingerprint density at radius 2 is 1.94 bits per heavy atom. The van der Waals surface area contributed by atoms with Crippen molar-refractivity contribution < 1.29 is 4.79 Å². The number of amides is 1. The third-order valence-electron chi connectivity index (χ3n) is 2.58. The zero-order chi connectivity index (χ0) is 12.8. The molecule has 0 saturated heterocycles. The van der Waals surface area contributed by atoms with Gasteiger partial charge < -0.3 is 5.32 Å². The fourth-order valence-electron chi connectivity index (χ4n) is 1.56. The molecule has 0 unspecified atom stereocenters. The second-order valence-corrected chi connectivity index (χ2v) is 4.18. The summed E-state index contributed by atoms with van der Waals surface area (Å²) < 4.78 is 0. The highest BCUT2D eigenvalue weighted by atomic mass is 16.1. The van der Waals surface area contributed by atoms with Crippen molar-refractivity contribution in [3.05, 3.63) is 10.4 Å². The van der Waals surface area contributed by atoms with E-state index in [2.05, 4.69) is 22.3 Å². The first-order valence-electron chi connectivity index (χ1n) is 6.58. The molecule has 98 valence electrons. The Morgan fingerprint density at radius 1 is 1.18 bits per heavy atom. The molecule has 0 heterocycles. The summed E-state index contributed by atoms with van der Waals surface area (Å²) in [5.74, 6) is 0.144. The molecule has 0 aliphatic rings. The first-order valence-corrected chi connectivity index (χ1v) is 6.58. The second-order valence-electron chi connectivity index (χ2n) is 4.18. The van der Waals surface area contributed by atoms with Gasteiger partial charge in [-0.25, -0.2) is 0 Å². The summed E-state index contributed by atoms with van der Waals surface area (Å²) in [5, 5.41) is 6.31. The first kappa shape index (κ1) is 15.8. The van der Waals surface area contributed by atoms with Crippen LogP contribution in [0.25, 0.3) is 10.4 Å². The number of unbranched alkanes of at least 4 members (excludes halogenated alkanes) is 5. The van der Waals surface area contributed by atoms with E-state index < -0.39 is 0 Å². The second kappa shape index (κ2) is 12.8. The van der Waals surface area contributed by atoms with Crippen molar-refractivity contribution in [2.75, 3.05) is 13.1 Å². The molecule has 0 bridgehead atoms. The number of carbonyl (C=O) groups excluding carboxylic acids is 1. The number of hydrogen-bond donors (Lipinski definition) is 1. The van der Waals surface area contributed by atoms with Crippen LogP contribution in [0.1, 0.15) is 58.3 Å². The van der Waals surface area contributed by atoms with Crippen molar-refractivity contribution in [3.8, 4) is 0 Å². The van der Waals surface area contributed by atoms with Crippen molar-refractivity contribution in [3.63, 3.8) is 0 Å². The van der Waals surface area contributed by atoms with Crippen LogP contribution in [0.3, 0.4) is 0 Å². The van der Waals surface area contributed by atoms with Gasteiger partial charge in [0.2, 0.25) is 5.91 Å². The highest BCUT2D eigenvalue weighted by Crippen LogP contribution is 2.04. The topological polar surface area (TPSA) is 77.9 Å². The summed E-state index contributed by atoms with van der Waals surface area (Å²) in [5.41, 5.74) is 8.06. The summed E-state index contributed by atoms with van der Waals surface area (Å²) in [6.07, 6.45) is 8.22. The van der Waals surface area contributed by atoms with Crippen molar-refractivity contribution in [1.29, 1.82) is 0 Å². The van der Waals surface area contributed by atoms with Gasteiger partial charge in [-0.05, 0) is 24.8 Å². The first-order chi connectivity index (χ1) is 8.31. The fraction of sp³-hybridized carbons (Fsp3) is 0.917. The van der Waals surface area contributed by atoms with E-state index >= 15 is 0 Å². The highest BCUT2D eigenvalue weighted by Gasteiger charge is 1.99. The van der Waals surface area contributed by atoms with Gasteiger partial charge in [0, 0.05) is 24.4 Å². The SMILES string of the molecule is CCCCCCCC(=O)NCCCCN=[N+]=[N-]. The third kappa shape index (κ3) is 12.7. The van der Waals surface area contributed by atoms with Crippen molar-refractivity contribution in [1.82, 2.24) is 5.32 Å². The quantitative estimate of drug-likeness (QED) is 0.255. The van der Waals surface area contributed by atoms with Gasteiger partial charge in [-0.3, -0.25) is 4.79 Å². The Balaban J connectivity index is 3.20. The molecule has 0 radical (unpaired) electrons. The average Bonchev–Trinajstić information content (AvgIpc) is 2.33. The number of nitrogens with zero attached hydrogens (tertiary/aromatic N) is 3. The molecule has 0 saturated carbocycles. The van der Waals surface area contributed by atoms with Crippen molar-refractivity contribution in [2.45, 2.75) is 58.3 Å². The number of rotatable bonds is 11. The number of nitrogens with one attached hydrogen (secondary N) is 1. The summed E-state index contributed by atoms with van der Waals surface area (Å²) >= 11 is 0. The molecule has 5 nitrogen and oxygen atoms in total. The lowest BCUT2D eigenvalue weighted by Gasteiger charge is -2.04. The van der Waals surface area contributed by atoms with E-state index in [1.165, 1.54) is 19.3 Å². The zero-order valence-corrected chi connectivity index (χ0v) is 10.8. The van der Waals surface area contributed by atoms with E-state index in [0.717, 1.165) is 25.7 Å². The van der Waals surface area contributed by atoms with Crippen LogP contribution in [0.2, 0.25) is 0 Å². The Labute approximate surface area is 104 Å². The number of carbonyl (C=O) groups is 1. The normalized spacial score (nSPS) is 9.71. The van der Waals surface area contributed by atoms with E-state index in [4.69, 9.17) is 5.53 Å². The molecule has 0 aromatic rings. The molecule has 0 aliphatic heterocycles. The largest absolute Gasteiger partial charge is 0.356 e. The fourth-order valence-corrected chi connectivity index (χ4v) is 1.56. The van der Waals surface area contributed by atoms with E-state index in [9.17, 15) is 4.79 Å². The Bertz CT molecular complexity index is 237. The lowest BCUT2D eigenvalue weighted by Crippen LogP contribution is -2.24. The maximum Gasteiger partial charge on any atom is 0.219 e. The van der Waals surface area contributed by atoms with E-state index in [-0.39, 0.29) is 5.91 Å². The minimum absolute atomic E-state index is 0.144. The van der Waals surface area contributed by atoms with Crippen LogP contribution in [0, 0.1) is 0 Å². The Hall–Kier alpha value is -1.22. The molecular weight excluding hydrogens is 216 g/mol. The van der Waals surface area contributed by atoms with Crippen LogP contribution >= 0.6 is 0 Å². The summed E-state index contributed by atoms with van der Waals surface area (Å²) in [6, 6.07) is 0. The van der Waals surface area contributed by atoms with Crippen LogP contribution in [-0.2, 0) is 4.79 Å². The smallest absolute Gasteiger partial charge is 0.219 e. The molecule has 5 heteroatoms.